The maximum absolute atomic E-state index is 10.2. The Morgan fingerprint density at radius 3 is 2.36 bits per heavy atom. The third-order valence-electron chi connectivity index (χ3n) is 3.84. The highest BCUT2D eigenvalue weighted by molar-refractivity contribution is 5.42. The molecular weight excluding hydrogens is 276 g/mol. The van der Waals surface area contributed by atoms with E-state index in [4.69, 9.17) is 4.74 Å². The van der Waals surface area contributed by atoms with Gasteiger partial charge in [0.15, 0.2) is 0 Å². The molecule has 0 aliphatic carbocycles. The van der Waals surface area contributed by atoms with E-state index in [1.54, 1.807) is 13.0 Å². The molecule has 2 N–H and O–H groups in total. The van der Waals surface area contributed by atoms with Gasteiger partial charge in [-0.1, -0.05) is 36.4 Å². The molecule has 22 heavy (non-hydrogen) atoms. The van der Waals surface area contributed by atoms with Crippen LogP contribution in [0.2, 0.25) is 0 Å². The molecule has 2 unspecified atom stereocenters. The van der Waals surface area contributed by atoms with Crippen molar-refractivity contribution < 1.29 is 14.9 Å². The fourth-order valence-corrected chi connectivity index (χ4v) is 2.59. The van der Waals surface area contributed by atoms with E-state index in [1.165, 1.54) is 0 Å². The van der Waals surface area contributed by atoms with Crippen molar-refractivity contribution in [1.29, 1.82) is 0 Å². The number of ether oxygens (including phenoxy) is 1. The van der Waals surface area contributed by atoms with Crippen molar-refractivity contribution in [2.45, 2.75) is 46.0 Å². The van der Waals surface area contributed by atoms with E-state index < -0.39 is 6.10 Å². The largest absolute Gasteiger partial charge is 0.508 e. The van der Waals surface area contributed by atoms with E-state index in [9.17, 15) is 10.2 Å². The van der Waals surface area contributed by atoms with Gasteiger partial charge in [-0.2, -0.15) is 0 Å². The summed E-state index contributed by atoms with van der Waals surface area (Å²) in [5, 5.41) is 20.1. The number of hydrogen-bond acceptors (Lipinski definition) is 3. The first-order valence-electron chi connectivity index (χ1n) is 7.60. The van der Waals surface area contributed by atoms with Crippen LogP contribution in [0.25, 0.3) is 0 Å². The van der Waals surface area contributed by atoms with Crippen LogP contribution in [0.1, 0.15) is 29.2 Å². The van der Waals surface area contributed by atoms with Crippen LogP contribution in [0.5, 0.6) is 5.75 Å². The Kier molecular flexibility index (Phi) is 5.58. The maximum Gasteiger partial charge on any atom is 0.119 e. The second kappa shape index (κ2) is 7.43. The fourth-order valence-electron chi connectivity index (χ4n) is 2.59. The van der Waals surface area contributed by atoms with Crippen molar-refractivity contribution in [2.75, 3.05) is 0 Å². The Balaban J connectivity index is 2.09. The van der Waals surface area contributed by atoms with E-state index in [2.05, 4.69) is 0 Å². The summed E-state index contributed by atoms with van der Waals surface area (Å²) in [6.45, 7) is 6.09. The third-order valence-corrected chi connectivity index (χ3v) is 3.84. The fraction of sp³-hybridized carbons (Fsp3) is 0.368. The number of aryl methyl sites for hydroxylation is 2. The predicted octanol–water partition coefficient (Wildman–Crippen LogP) is 3.52. The topological polar surface area (TPSA) is 49.7 Å². The summed E-state index contributed by atoms with van der Waals surface area (Å²) in [6.07, 6.45) is -0.473. The predicted molar refractivity (Wildman–Crippen MR) is 88.0 cm³/mol. The number of aromatic hydroxyl groups is 1. The molecule has 2 aromatic carbocycles. The van der Waals surface area contributed by atoms with Crippen LogP contribution in [0.3, 0.4) is 0 Å². The van der Waals surface area contributed by atoms with Gasteiger partial charge in [-0.3, -0.25) is 0 Å². The Hall–Kier alpha value is -1.84. The van der Waals surface area contributed by atoms with Gasteiger partial charge in [-0.25, -0.2) is 0 Å². The van der Waals surface area contributed by atoms with Gasteiger partial charge in [-0.15, -0.1) is 0 Å². The zero-order valence-electron chi connectivity index (χ0n) is 13.4. The Labute approximate surface area is 132 Å². The second-order valence-electron chi connectivity index (χ2n) is 5.86. The summed E-state index contributed by atoms with van der Waals surface area (Å²) < 4.78 is 5.87. The minimum Gasteiger partial charge on any atom is -0.508 e. The SMILES string of the molecule is Cc1cc(C)c(CC(OCc2ccccc2)C(C)O)c(O)c1. The standard InChI is InChI=1S/C19H24O3/c1-13-9-14(2)17(18(21)10-13)11-19(15(3)20)22-12-16-7-5-4-6-8-16/h4-10,15,19-21H,11-12H2,1-3H3. The van der Waals surface area contributed by atoms with Crippen LogP contribution >= 0.6 is 0 Å². The zero-order chi connectivity index (χ0) is 16.1. The van der Waals surface area contributed by atoms with E-state index in [-0.39, 0.29) is 11.9 Å². The van der Waals surface area contributed by atoms with Crippen molar-refractivity contribution in [3.63, 3.8) is 0 Å². The van der Waals surface area contributed by atoms with Crippen molar-refractivity contribution in [3.05, 3.63) is 64.7 Å². The van der Waals surface area contributed by atoms with Gasteiger partial charge in [-0.05, 0) is 49.1 Å². The molecule has 0 bridgehead atoms. The summed E-state index contributed by atoms with van der Waals surface area (Å²) in [7, 11) is 0. The summed E-state index contributed by atoms with van der Waals surface area (Å²) in [5.41, 5.74) is 3.95. The minimum absolute atomic E-state index is 0.270. The lowest BCUT2D eigenvalue weighted by Crippen LogP contribution is -2.29. The molecule has 0 heterocycles. The molecule has 3 nitrogen and oxygen atoms in total. The van der Waals surface area contributed by atoms with E-state index in [0.29, 0.717) is 13.0 Å². The van der Waals surface area contributed by atoms with Gasteiger partial charge in [0.05, 0.1) is 18.8 Å². The zero-order valence-corrected chi connectivity index (χ0v) is 13.4. The summed E-state index contributed by atoms with van der Waals surface area (Å²) in [4.78, 5) is 0. The first-order valence-corrected chi connectivity index (χ1v) is 7.60. The molecule has 118 valence electrons. The number of benzene rings is 2. The van der Waals surface area contributed by atoms with Gasteiger partial charge in [0.25, 0.3) is 0 Å². The minimum atomic E-state index is -0.608. The lowest BCUT2D eigenvalue weighted by molar-refractivity contribution is -0.0376. The average molecular weight is 300 g/mol. The first-order chi connectivity index (χ1) is 10.5. The van der Waals surface area contributed by atoms with Gasteiger partial charge >= 0.3 is 0 Å². The van der Waals surface area contributed by atoms with Crippen LogP contribution < -0.4 is 0 Å². The Bertz CT molecular complexity index is 582. The normalized spacial score (nSPS) is 13.8. The number of rotatable bonds is 6. The van der Waals surface area contributed by atoms with Gasteiger partial charge in [0.2, 0.25) is 0 Å². The van der Waals surface area contributed by atoms with Gasteiger partial charge in [0, 0.05) is 6.42 Å². The van der Waals surface area contributed by atoms with Crippen LogP contribution in [-0.2, 0) is 17.8 Å². The molecule has 0 amide bonds. The van der Waals surface area contributed by atoms with Crippen LogP contribution in [0.15, 0.2) is 42.5 Å². The summed E-state index contributed by atoms with van der Waals surface area (Å²) in [6, 6.07) is 13.7. The molecule has 3 heteroatoms. The van der Waals surface area contributed by atoms with Crippen molar-refractivity contribution in [3.8, 4) is 5.75 Å². The molecular formula is C19H24O3. The molecule has 0 saturated carbocycles. The van der Waals surface area contributed by atoms with Gasteiger partial charge < -0.3 is 14.9 Å². The van der Waals surface area contributed by atoms with E-state index >= 15 is 0 Å². The molecule has 0 aliphatic heterocycles. The molecule has 0 aliphatic rings. The number of aliphatic hydroxyl groups excluding tert-OH is 1. The van der Waals surface area contributed by atoms with Crippen molar-refractivity contribution in [2.24, 2.45) is 0 Å². The van der Waals surface area contributed by atoms with Crippen LogP contribution in [0.4, 0.5) is 0 Å². The third kappa shape index (κ3) is 4.33. The second-order valence-corrected chi connectivity index (χ2v) is 5.86. The quantitative estimate of drug-likeness (QED) is 0.858. The highest BCUT2D eigenvalue weighted by Gasteiger charge is 2.19. The molecule has 0 aromatic heterocycles. The molecule has 0 radical (unpaired) electrons. The molecule has 2 rings (SSSR count). The maximum atomic E-state index is 10.2. The summed E-state index contributed by atoms with van der Waals surface area (Å²) >= 11 is 0. The number of aliphatic hydroxyl groups is 1. The van der Waals surface area contributed by atoms with Crippen LogP contribution in [0, 0.1) is 13.8 Å². The van der Waals surface area contributed by atoms with Crippen LogP contribution in [-0.4, -0.2) is 22.4 Å². The van der Waals surface area contributed by atoms with E-state index in [1.807, 2.05) is 50.2 Å². The van der Waals surface area contributed by atoms with Gasteiger partial charge in [0.1, 0.15) is 5.75 Å². The highest BCUT2D eigenvalue weighted by atomic mass is 16.5. The lowest BCUT2D eigenvalue weighted by Gasteiger charge is -2.22. The monoisotopic (exact) mass is 300 g/mol. The van der Waals surface area contributed by atoms with E-state index in [0.717, 1.165) is 22.3 Å². The molecule has 0 fully saturated rings. The van der Waals surface area contributed by atoms with Crippen molar-refractivity contribution >= 4 is 0 Å². The molecule has 0 spiro atoms. The average Bonchev–Trinajstić information content (AvgIpc) is 2.46. The number of phenols is 1. The molecule has 2 atom stereocenters. The molecule has 2 aromatic rings. The lowest BCUT2D eigenvalue weighted by atomic mass is 9.97. The Morgan fingerprint density at radius 1 is 1.09 bits per heavy atom. The summed E-state index contributed by atoms with van der Waals surface area (Å²) in [5.74, 6) is 0.270. The van der Waals surface area contributed by atoms with Crippen molar-refractivity contribution in [1.82, 2.24) is 0 Å². The Morgan fingerprint density at radius 2 is 1.77 bits per heavy atom. The first kappa shape index (κ1) is 16.5. The number of phenolic OH excluding ortho intramolecular Hbond substituents is 1. The smallest absolute Gasteiger partial charge is 0.119 e. The number of hydrogen-bond donors (Lipinski definition) is 2. The molecule has 0 saturated heterocycles. The highest BCUT2D eigenvalue weighted by Crippen LogP contribution is 2.26.